The molecule has 0 aliphatic carbocycles. The van der Waals surface area contributed by atoms with Crippen LogP contribution in [0.15, 0.2) is 71.9 Å². The average molecular weight is 364 g/mol. The number of benzene rings is 1. The number of aliphatic imine (C=N–C) groups is 1. The quantitative estimate of drug-likeness (QED) is 0.210. The second kappa shape index (κ2) is 9.88. The fraction of sp³-hybridized carbons (Fsp3) is 0.150. The zero-order valence-electron chi connectivity index (χ0n) is 15.3. The Morgan fingerprint density at radius 2 is 2.22 bits per heavy atom. The minimum absolute atomic E-state index is 0.233. The largest absolute Gasteiger partial charge is 0.398 e. The highest BCUT2D eigenvalue weighted by Crippen LogP contribution is 2.17. The fourth-order valence-electron chi connectivity index (χ4n) is 2.35. The van der Waals surface area contributed by atoms with Crippen LogP contribution in [0.2, 0.25) is 0 Å². The number of nitrogens with zero attached hydrogens (tertiary/aromatic N) is 1. The fourth-order valence-corrected chi connectivity index (χ4v) is 2.35. The third-order valence-electron chi connectivity index (χ3n) is 3.71. The van der Waals surface area contributed by atoms with Crippen molar-refractivity contribution in [2.24, 2.45) is 4.99 Å². The van der Waals surface area contributed by atoms with Gasteiger partial charge in [0.1, 0.15) is 12.5 Å². The number of carbonyl (C=O) groups is 1. The van der Waals surface area contributed by atoms with Gasteiger partial charge in [0.25, 0.3) is 0 Å². The van der Waals surface area contributed by atoms with Gasteiger partial charge in [0.15, 0.2) is 0 Å². The molecule has 0 unspecified atom stereocenters. The Balaban J connectivity index is 1.99. The standard InChI is InChI=1S/C20H24N6O/c1-3-4-5-6-7-19(27)25-14(2)8-10-17(21)16-12-15(9-11-18(16)22)20-23-13-24-26-20/h3-9,11-12,21,24H,1,10,13,22H2,2H3,(H,23,26)(H,25,27)/b5-4-,7-6+,14-8+,21-17?. The molecule has 140 valence electrons. The van der Waals surface area contributed by atoms with E-state index in [0.717, 1.165) is 11.4 Å². The molecule has 0 aromatic heterocycles. The first-order valence-corrected chi connectivity index (χ1v) is 8.45. The monoisotopic (exact) mass is 364 g/mol. The molecule has 7 nitrogen and oxygen atoms in total. The summed E-state index contributed by atoms with van der Waals surface area (Å²) in [5.41, 5.74) is 15.0. The number of allylic oxidation sites excluding steroid dienone is 6. The van der Waals surface area contributed by atoms with E-state index < -0.39 is 0 Å². The SMILES string of the molecule is C=C/C=C\C=C\C(=O)N/C(C)=C/CC(=N)c1cc(C2=NCNN2)ccc1N. The number of nitrogens with two attached hydrogens (primary N) is 1. The van der Waals surface area contributed by atoms with E-state index in [4.69, 9.17) is 11.1 Å². The smallest absolute Gasteiger partial charge is 0.248 e. The minimum Gasteiger partial charge on any atom is -0.398 e. The maximum absolute atomic E-state index is 11.8. The highest BCUT2D eigenvalue weighted by atomic mass is 16.1. The third-order valence-corrected chi connectivity index (χ3v) is 3.71. The number of hydrogen-bond donors (Lipinski definition) is 5. The summed E-state index contributed by atoms with van der Waals surface area (Å²) in [5.74, 6) is 0.489. The maximum atomic E-state index is 11.8. The second-order valence-electron chi connectivity index (χ2n) is 5.81. The van der Waals surface area contributed by atoms with E-state index >= 15 is 0 Å². The van der Waals surface area contributed by atoms with Crippen LogP contribution in [-0.2, 0) is 4.79 Å². The highest BCUT2D eigenvalue weighted by Gasteiger charge is 2.12. The molecule has 1 aromatic rings. The van der Waals surface area contributed by atoms with Gasteiger partial charge < -0.3 is 21.9 Å². The number of rotatable bonds is 8. The first-order chi connectivity index (χ1) is 13.0. The Morgan fingerprint density at radius 3 is 2.93 bits per heavy atom. The number of hydrogen-bond acceptors (Lipinski definition) is 6. The summed E-state index contributed by atoms with van der Waals surface area (Å²) < 4.78 is 0. The van der Waals surface area contributed by atoms with Gasteiger partial charge in [-0.2, -0.15) is 0 Å². The van der Waals surface area contributed by atoms with Gasteiger partial charge in [-0.05, 0) is 25.1 Å². The van der Waals surface area contributed by atoms with Crippen molar-refractivity contribution in [3.05, 3.63) is 78.1 Å². The van der Waals surface area contributed by atoms with Crippen molar-refractivity contribution >= 4 is 23.1 Å². The summed E-state index contributed by atoms with van der Waals surface area (Å²) >= 11 is 0. The van der Waals surface area contributed by atoms with Crippen LogP contribution in [0.1, 0.15) is 24.5 Å². The molecule has 0 saturated heterocycles. The summed E-state index contributed by atoms with van der Waals surface area (Å²) in [6.07, 6.45) is 10.3. The van der Waals surface area contributed by atoms with Crippen molar-refractivity contribution in [1.29, 1.82) is 5.41 Å². The van der Waals surface area contributed by atoms with Crippen molar-refractivity contribution < 1.29 is 4.79 Å². The summed E-state index contributed by atoms with van der Waals surface area (Å²) in [5, 5.41) is 11.1. The minimum atomic E-state index is -0.233. The molecule has 1 aromatic carbocycles. The van der Waals surface area contributed by atoms with Crippen LogP contribution < -0.4 is 21.9 Å². The number of nitrogens with one attached hydrogen (secondary N) is 4. The van der Waals surface area contributed by atoms with Crippen LogP contribution in [0.4, 0.5) is 5.69 Å². The lowest BCUT2D eigenvalue weighted by Crippen LogP contribution is -2.30. The third kappa shape index (κ3) is 6.09. The van der Waals surface area contributed by atoms with Crippen LogP contribution in [0.25, 0.3) is 0 Å². The molecule has 6 N–H and O–H groups in total. The normalized spacial score (nSPS) is 14.3. The maximum Gasteiger partial charge on any atom is 0.248 e. The Kier molecular flexibility index (Phi) is 7.27. The van der Waals surface area contributed by atoms with E-state index in [1.165, 1.54) is 6.08 Å². The van der Waals surface area contributed by atoms with Crippen molar-refractivity contribution in [1.82, 2.24) is 16.2 Å². The molecule has 0 spiro atoms. The zero-order valence-corrected chi connectivity index (χ0v) is 15.3. The van der Waals surface area contributed by atoms with Gasteiger partial charge in [-0.3, -0.25) is 4.79 Å². The van der Waals surface area contributed by atoms with Crippen LogP contribution in [-0.4, -0.2) is 24.1 Å². The zero-order chi connectivity index (χ0) is 19.6. The van der Waals surface area contributed by atoms with Gasteiger partial charge in [0.05, 0.1) is 0 Å². The van der Waals surface area contributed by atoms with Gasteiger partial charge in [0, 0.05) is 40.7 Å². The molecule has 1 heterocycles. The van der Waals surface area contributed by atoms with E-state index in [-0.39, 0.29) is 5.91 Å². The molecule has 0 fully saturated rings. The number of amidine groups is 1. The summed E-state index contributed by atoms with van der Waals surface area (Å²) in [6, 6.07) is 5.47. The Hall–Kier alpha value is -3.45. The van der Waals surface area contributed by atoms with Gasteiger partial charge in [-0.15, -0.1) is 0 Å². The molecule has 0 saturated carbocycles. The molecule has 27 heavy (non-hydrogen) atoms. The van der Waals surface area contributed by atoms with Gasteiger partial charge in [-0.25, -0.2) is 10.4 Å². The molecule has 1 aliphatic rings. The topological polar surface area (TPSA) is 115 Å². The summed E-state index contributed by atoms with van der Waals surface area (Å²) in [7, 11) is 0. The van der Waals surface area contributed by atoms with Gasteiger partial charge in [-0.1, -0.05) is 37.0 Å². The first kappa shape index (κ1) is 19.9. The Bertz CT molecular complexity index is 848. The summed E-state index contributed by atoms with van der Waals surface area (Å²) in [4.78, 5) is 16.1. The van der Waals surface area contributed by atoms with Crippen LogP contribution in [0.5, 0.6) is 0 Å². The highest BCUT2D eigenvalue weighted by molar-refractivity contribution is 6.07. The molecular weight excluding hydrogens is 340 g/mol. The summed E-state index contributed by atoms with van der Waals surface area (Å²) in [6.45, 7) is 5.84. The number of hydrazine groups is 1. The van der Waals surface area contributed by atoms with Gasteiger partial charge >= 0.3 is 0 Å². The predicted molar refractivity (Wildman–Crippen MR) is 110 cm³/mol. The molecule has 7 heteroatoms. The number of carbonyl (C=O) groups excluding carboxylic acids is 1. The number of nitrogen functional groups attached to an aromatic ring is 1. The van der Waals surface area contributed by atoms with E-state index in [0.29, 0.717) is 35.7 Å². The lowest BCUT2D eigenvalue weighted by atomic mass is 10.0. The van der Waals surface area contributed by atoms with E-state index in [1.807, 2.05) is 12.1 Å². The lowest BCUT2D eigenvalue weighted by molar-refractivity contribution is -0.115. The molecule has 0 bridgehead atoms. The Labute approximate surface area is 158 Å². The van der Waals surface area contributed by atoms with Crippen molar-refractivity contribution in [3.63, 3.8) is 0 Å². The number of anilines is 1. The van der Waals surface area contributed by atoms with E-state index in [1.54, 1.807) is 43.4 Å². The van der Waals surface area contributed by atoms with Crippen molar-refractivity contribution in [3.8, 4) is 0 Å². The second-order valence-corrected chi connectivity index (χ2v) is 5.81. The van der Waals surface area contributed by atoms with Crippen molar-refractivity contribution in [2.45, 2.75) is 13.3 Å². The molecule has 2 rings (SSSR count). The molecule has 1 aliphatic heterocycles. The average Bonchev–Trinajstić information content (AvgIpc) is 3.18. The van der Waals surface area contributed by atoms with Crippen molar-refractivity contribution in [2.75, 3.05) is 12.4 Å². The predicted octanol–water partition coefficient (Wildman–Crippen LogP) is 2.16. The van der Waals surface area contributed by atoms with E-state index in [2.05, 4.69) is 27.7 Å². The number of amides is 1. The first-order valence-electron chi connectivity index (χ1n) is 8.45. The molecule has 0 radical (unpaired) electrons. The lowest BCUT2D eigenvalue weighted by Gasteiger charge is -2.10. The van der Waals surface area contributed by atoms with Crippen LogP contribution in [0.3, 0.4) is 0 Å². The Morgan fingerprint density at radius 1 is 1.41 bits per heavy atom. The molecule has 0 atom stereocenters. The van der Waals surface area contributed by atoms with Crippen LogP contribution in [0, 0.1) is 5.41 Å². The molecular formula is C20H24N6O. The van der Waals surface area contributed by atoms with E-state index in [9.17, 15) is 4.79 Å². The van der Waals surface area contributed by atoms with Crippen LogP contribution >= 0.6 is 0 Å². The van der Waals surface area contributed by atoms with Gasteiger partial charge in [0.2, 0.25) is 5.91 Å². The molecule has 1 amide bonds.